The number of likely N-dealkylation sites (tertiary alicyclic amines) is 1. The molecule has 1 aliphatic heterocycles. The summed E-state index contributed by atoms with van der Waals surface area (Å²) < 4.78 is 30.8. The zero-order valence-electron chi connectivity index (χ0n) is 13.0. The molecule has 3 rings (SSSR count). The lowest BCUT2D eigenvalue weighted by Gasteiger charge is -2.24. The fraction of sp³-hybridized carbons (Fsp3) is 0.571. The van der Waals surface area contributed by atoms with Crippen molar-refractivity contribution in [2.45, 2.75) is 38.9 Å². The summed E-state index contributed by atoms with van der Waals surface area (Å²) in [4.78, 5) is 18.4. The van der Waals surface area contributed by atoms with Crippen LogP contribution in [0.15, 0.2) is 16.8 Å². The van der Waals surface area contributed by atoms with Gasteiger partial charge in [-0.2, -0.15) is 23.5 Å². The van der Waals surface area contributed by atoms with E-state index in [2.05, 4.69) is 25.5 Å². The van der Waals surface area contributed by atoms with Crippen LogP contribution in [0.4, 0.5) is 8.78 Å². The summed E-state index contributed by atoms with van der Waals surface area (Å²) in [6.45, 7) is -0.271. The SMILES string of the molecule is O=C(NCc1nc(CN2CCCCC2)no1)c1ccnn1C(F)F. The van der Waals surface area contributed by atoms with E-state index in [4.69, 9.17) is 4.52 Å². The quantitative estimate of drug-likeness (QED) is 0.859. The molecule has 130 valence electrons. The number of carbonyl (C=O) groups is 1. The lowest BCUT2D eigenvalue weighted by molar-refractivity contribution is 0.0509. The third kappa shape index (κ3) is 3.94. The molecule has 24 heavy (non-hydrogen) atoms. The molecular weight excluding hydrogens is 322 g/mol. The molecule has 0 saturated carbocycles. The molecule has 1 saturated heterocycles. The topological polar surface area (TPSA) is 89.1 Å². The van der Waals surface area contributed by atoms with E-state index in [1.54, 1.807) is 0 Å². The molecule has 0 atom stereocenters. The van der Waals surface area contributed by atoms with Crippen molar-refractivity contribution in [3.63, 3.8) is 0 Å². The average Bonchev–Trinajstić information content (AvgIpc) is 3.23. The lowest BCUT2D eigenvalue weighted by atomic mass is 10.1. The normalized spacial score (nSPS) is 15.8. The Morgan fingerprint density at radius 1 is 1.33 bits per heavy atom. The summed E-state index contributed by atoms with van der Waals surface area (Å²) in [5.41, 5.74) is -0.224. The number of amides is 1. The second kappa shape index (κ2) is 7.47. The Hall–Kier alpha value is -2.36. The molecule has 2 aromatic rings. The number of piperidine rings is 1. The Labute approximate surface area is 136 Å². The molecule has 0 spiro atoms. The minimum atomic E-state index is -2.87. The van der Waals surface area contributed by atoms with Gasteiger partial charge in [0.1, 0.15) is 5.69 Å². The Kier molecular flexibility index (Phi) is 5.14. The summed E-state index contributed by atoms with van der Waals surface area (Å²) in [6.07, 6.45) is 4.72. The van der Waals surface area contributed by atoms with Gasteiger partial charge in [-0.3, -0.25) is 9.69 Å². The second-order valence-corrected chi connectivity index (χ2v) is 5.56. The highest BCUT2D eigenvalue weighted by Gasteiger charge is 2.19. The van der Waals surface area contributed by atoms with E-state index in [1.807, 2.05) is 0 Å². The van der Waals surface area contributed by atoms with Crippen LogP contribution in [0, 0.1) is 0 Å². The van der Waals surface area contributed by atoms with Crippen LogP contribution in [-0.4, -0.2) is 43.8 Å². The third-order valence-corrected chi connectivity index (χ3v) is 3.81. The molecule has 10 heteroatoms. The zero-order valence-corrected chi connectivity index (χ0v) is 13.0. The summed E-state index contributed by atoms with van der Waals surface area (Å²) in [7, 11) is 0. The van der Waals surface area contributed by atoms with E-state index in [9.17, 15) is 13.6 Å². The fourth-order valence-corrected chi connectivity index (χ4v) is 2.64. The zero-order chi connectivity index (χ0) is 16.9. The Bertz CT molecular complexity index is 680. The van der Waals surface area contributed by atoms with Crippen molar-refractivity contribution >= 4 is 5.91 Å². The molecule has 0 radical (unpaired) electrons. The number of rotatable bonds is 6. The van der Waals surface area contributed by atoms with Crippen molar-refractivity contribution in [2.24, 2.45) is 0 Å². The summed E-state index contributed by atoms with van der Waals surface area (Å²) in [5, 5.41) is 9.76. The maximum atomic E-state index is 12.7. The molecule has 1 aliphatic rings. The second-order valence-electron chi connectivity index (χ2n) is 5.56. The Morgan fingerprint density at radius 2 is 2.12 bits per heavy atom. The molecule has 2 aromatic heterocycles. The highest BCUT2D eigenvalue weighted by atomic mass is 19.3. The molecule has 0 unspecified atom stereocenters. The van der Waals surface area contributed by atoms with Crippen molar-refractivity contribution in [2.75, 3.05) is 13.1 Å². The maximum Gasteiger partial charge on any atom is 0.333 e. The monoisotopic (exact) mass is 340 g/mol. The van der Waals surface area contributed by atoms with Gasteiger partial charge in [0.25, 0.3) is 5.91 Å². The number of carbonyl (C=O) groups excluding carboxylic acids is 1. The van der Waals surface area contributed by atoms with Crippen LogP contribution in [0.25, 0.3) is 0 Å². The number of hydrogen-bond donors (Lipinski definition) is 1. The van der Waals surface area contributed by atoms with E-state index in [0.717, 1.165) is 19.3 Å². The average molecular weight is 340 g/mol. The number of halogens is 2. The maximum absolute atomic E-state index is 12.7. The van der Waals surface area contributed by atoms with Crippen molar-refractivity contribution < 1.29 is 18.1 Å². The fourth-order valence-electron chi connectivity index (χ4n) is 2.64. The molecule has 1 fully saturated rings. The van der Waals surface area contributed by atoms with Crippen LogP contribution in [0.1, 0.15) is 48.0 Å². The molecular formula is C14H18F2N6O2. The van der Waals surface area contributed by atoms with E-state index >= 15 is 0 Å². The first-order valence-corrected chi connectivity index (χ1v) is 7.77. The van der Waals surface area contributed by atoms with Gasteiger partial charge < -0.3 is 9.84 Å². The van der Waals surface area contributed by atoms with Crippen molar-refractivity contribution in [3.05, 3.63) is 29.7 Å². The van der Waals surface area contributed by atoms with Gasteiger partial charge in [0, 0.05) is 6.20 Å². The Morgan fingerprint density at radius 3 is 2.88 bits per heavy atom. The largest absolute Gasteiger partial charge is 0.342 e. The number of nitrogens with zero attached hydrogens (tertiary/aromatic N) is 5. The number of hydrogen-bond acceptors (Lipinski definition) is 6. The predicted octanol–water partition coefficient (Wildman–Crippen LogP) is 1.58. The van der Waals surface area contributed by atoms with E-state index in [1.165, 1.54) is 25.3 Å². The van der Waals surface area contributed by atoms with Gasteiger partial charge in [-0.05, 0) is 32.0 Å². The standard InChI is InChI=1S/C14H18F2N6O2/c15-14(16)22-10(4-5-18-22)13(23)17-8-12-19-11(20-24-12)9-21-6-2-1-3-7-21/h4-5,14H,1-3,6-9H2,(H,17,23). The molecule has 8 nitrogen and oxygen atoms in total. The van der Waals surface area contributed by atoms with Crippen molar-refractivity contribution in [1.29, 1.82) is 0 Å². The Balaban J connectivity index is 1.53. The third-order valence-electron chi connectivity index (χ3n) is 3.81. The molecule has 0 aliphatic carbocycles. The van der Waals surface area contributed by atoms with Crippen molar-refractivity contribution in [3.8, 4) is 0 Å². The molecule has 1 N–H and O–H groups in total. The van der Waals surface area contributed by atoms with Crippen LogP contribution < -0.4 is 5.32 Å². The minimum absolute atomic E-state index is 0.0275. The highest BCUT2D eigenvalue weighted by Crippen LogP contribution is 2.13. The van der Waals surface area contributed by atoms with Gasteiger partial charge in [-0.1, -0.05) is 11.6 Å². The summed E-state index contributed by atoms with van der Waals surface area (Å²) >= 11 is 0. The number of aromatic nitrogens is 4. The van der Waals surface area contributed by atoms with Gasteiger partial charge in [0.05, 0.1) is 13.1 Å². The van der Waals surface area contributed by atoms with Crippen LogP contribution in [0.3, 0.4) is 0 Å². The van der Waals surface area contributed by atoms with Gasteiger partial charge in [0.2, 0.25) is 5.89 Å². The van der Waals surface area contributed by atoms with Crippen LogP contribution in [0.2, 0.25) is 0 Å². The molecule has 1 amide bonds. The van der Waals surface area contributed by atoms with Gasteiger partial charge >= 0.3 is 6.55 Å². The predicted molar refractivity (Wildman–Crippen MR) is 78.1 cm³/mol. The minimum Gasteiger partial charge on any atom is -0.342 e. The van der Waals surface area contributed by atoms with Crippen LogP contribution in [-0.2, 0) is 13.1 Å². The summed E-state index contributed by atoms with van der Waals surface area (Å²) in [6, 6.07) is 1.22. The van der Waals surface area contributed by atoms with Gasteiger partial charge in [0.15, 0.2) is 5.82 Å². The number of nitrogens with one attached hydrogen (secondary N) is 1. The number of alkyl halides is 2. The van der Waals surface area contributed by atoms with E-state index in [0.29, 0.717) is 17.1 Å². The summed E-state index contributed by atoms with van der Waals surface area (Å²) in [5.74, 6) is 0.112. The van der Waals surface area contributed by atoms with Gasteiger partial charge in [-0.25, -0.2) is 0 Å². The van der Waals surface area contributed by atoms with E-state index < -0.39 is 12.5 Å². The first-order chi connectivity index (χ1) is 11.6. The molecule has 0 bridgehead atoms. The van der Waals surface area contributed by atoms with Crippen LogP contribution in [0.5, 0.6) is 0 Å². The van der Waals surface area contributed by atoms with Crippen LogP contribution >= 0.6 is 0 Å². The molecule has 0 aromatic carbocycles. The van der Waals surface area contributed by atoms with E-state index in [-0.39, 0.29) is 18.1 Å². The first-order valence-electron chi connectivity index (χ1n) is 7.77. The highest BCUT2D eigenvalue weighted by molar-refractivity contribution is 5.92. The van der Waals surface area contributed by atoms with Crippen molar-refractivity contribution in [1.82, 2.24) is 30.1 Å². The molecule has 3 heterocycles. The first kappa shape index (κ1) is 16.5. The lowest BCUT2D eigenvalue weighted by Crippen LogP contribution is -2.29. The van der Waals surface area contributed by atoms with Gasteiger partial charge in [-0.15, -0.1) is 0 Å². The smallest absolute Gasteiger partial charge is 0.333 e.